The number of nitrogens with two attached hydrogens (primary N) is 1. The van der Waals surface area contributed by atoms with Crippen molar-refractivity contribution >= 4 is 0 Å². The lowest BCUT2D eigenvalue weighted by Crippen LogP contribution is -2.49. The number of benzene rings is 1. The molecule has 0 saturated carbocycles. The molecule has 0 aromatic heterocycles. The van der Waals surface area contributed by atoms with Crippen molar-refractivity contribution in [3.63, 3.8) is 0 Å². The number of piperazine rings is 1. The highest BCUT2D eigenvalue weighted by atomic mass is 15.3. The van der Waals surface area contributed by atoms with Gasteiger partial charge >= 0.3 is 0 Å². The van der Waals surface area contributed by atoms with Gasteiger partial charge in [-0.1, -0.05) is 24.6 Å². The summed E-state index contributed by atoms with van der Waals surface area (Å²) in [6.07, 6.45) is 0. The second-order valence-electron chi connectivity index (χ2n) is 6.03. The van der Waals surface area contributed by atoms with E-state index in [9.17, 15) is 0 Å². The fraction of sp³-hybridized carbons (Fsp3) is 0.647. The third kappa shape index (κ3) is 3.22. The SMILES string of the molecule is CCN1CCN(C(CN)c2c(C)cc(C)cc2C)CC1. The van der Waals surface area contributed by atoms with Crippen molar-refractivity contribution in [2.75, 3.05) is 39.3 Å². The molecule has 0 amide bonds. The summed E-state index contributed by atoms with van der Waals surface area (Å²) in [4.78, 5) is 5.08. The van der Waals surface area contributed by atoms with Gasteiger partial charge in [0.15, 0.2) is 0 Å². The molecule has 2 N–H and O–H groups in total. The Balaban J connectivity index is 2.21. The van der Waals surface area contributed by atoms with Crippen LogP contribution in [0.1, 0.15) is 35.2 Å². The first-order valence-electron chi connectivity index (χ1n) is 7.81. The third-order valence-electron chi connectivity index (χ3n) is 4.59. The summed E-state index contributed by atoms with van der Waals surface area (Å²) in [6, 6.07) is 4.94. The van der Waals surface area contributed by atoms with Gasteiger partial charge in [-0.25, -0.2) is 0 Å². The van der Waals surface area contributed by atoms with Crippen molar-refractivity contribution < 1.29 is 0 Å². The van der Waals surface area contributed by atoms with Crippen LogP contribution in [0.5, 0.6) is 0 Å². The number of hydrogen-bond donors (Lipinski definition) is 1. The molecule has 0 spiro atoms. The predicted molar refractivity (Wildman–Crippen MR) is 86.1 cm³/mol. The first-order valence-corrected chi connectivity index (χ1v) is 7.81. The van der Waals surface area contributed by atoms with Crippen LogP contribution >= 0.6 is 0 Å². The molecule has 20 heavy (non-hydrogen) atoms. The Hall–Kier alpha value is -0.900. The van der Waals surface area contributed by atoms with Gasteiger partial charge in [0.2, 0.25) is 0 Å². The van der Waals surface area contributed by atoms with Crippen LogP contribution in [0.15, 0.2) is 12.1 Å². The lowest BCUT2D eigenvalue weighted by atomic mass is 9.92. The highest BCUT2D eigenvalue weighted by Crippen LogP contribution is 2.28. The molecule has 1 aromatic carbocycles. The Morgan fingerprint density at radius 1 is 1.05 bits per heavy atom. The lowest BCUT2D eigenvalue weighted by molar-refractivity contribution is 0.101. The van der Waals surface area contributed by atoms with E-state index in [4.69, 9.17) is 5.73 Å². The molecule has 1 aromatic rings. The van der Waals surface area contributed by atoms with Crippen molar-refractivity contribution in [3.05, 3.63) is 34.4 Å². The predicted octanol–water partition coefficient (Wildman–Crippen LogP) is 2.25. The van der Waals surface area contributed by atoms with Gasteiger partial charge < -0.3 is 10.6 Å². The summed E-state index contributed by atoms with van der Waals surface area (Å²) in [6.45, 7) is 15.3. The minimum atomic E-state index is 0.370. The van der Waals surface area contributed by atoms with Crippen molar-refractivity contribution in [2.24, 2.45) is 5.73 Å². The zero-order chi connectivity index (χ0) is 14.7. The zero-order valence-corrected chi connectivity index (χ0v) is 13.4. The molecule has 0 radical (unpaired) electrons. The lowest BCUT2D eigenvalue weighted by Gasteiger charge is -2.39. The Kier molecular flexibility index (Phi) is 5.19. The largest absolute Gasteiger partial charge is 0.329 e. The molecule has 1 aliphatic heterocycles. The van der Waals surface area contributed by atoms with E-state index >= 15 is 0 Å². The zero-order valence-electron chi connectivity index (χ0n) is 13.4. The molecular formula is C17H29N3. The molecule has 2 rings (SSSR count). The molecule has 1 unspecified atom stereocenters. The van der Waals surface area contributed by atoms with Crippen LogP contribution in [0.25, 0.3) is 0 Å². The van der Waals surface area contributed by atoms with Gasteiger partial charge in [-0.05, 0) is 44.0 Å². The summed E-state index contributed by atoms with van der Waals surface area (Å²) in [5.74, 6) is 0. The summed E-state index contributed by atoms with van der Waals surface area (Å²) in [5, 5.41) is 0. The van der Waals surface area contributed by atoms with E-state index in [1.165, 1.54) is 22.3 Å². The van der Waals surface area contributed by atoms with E-state index in [-0.39, 0.29) is 0 Å². The van der Waals surface area contributed by atoms with Crippen LogP contribution in [0.4, 0.5) is 0 Å². The first-order chi connectivity index (χ1) is 9.56. The van der Waals surface area contributed by atoms with Gasteiger partial charge in [-0.2, -0.15) is 0 Å². The molecule has 1 fully saturated rings. The molecule has 1 atom stereocenters. The third-order valence-corrected chi connectivity index (χ3v) is 4.59. The quantitative estimate of drug-likeness (QED) is 0.915. The molecule has 3 heteroatoms. The number of rotatable bonds is 4. The maximum atomic E-state index is 6.12. The Bertz CT molecular complexity index is 425. The maximum absolute atomic E-state index is 6.12. The Morgan fingerprint density at radius 3 is 2.05 bits per heavy atom. The molecule has 1 heterocycles. The van der Waals surface area contributed by atoms with Crippen LogP contribution in [0, 0.1) is 20.8 Å². The van der Waals surface area contributed by atoms with Crippen LogP contribution in [-0.2, 0) is 0 Å². The van der Waals surface area contributed by atoms with Crippen LogP contribution in [0.2, 0.25) is 0 Å². The van der Waals surface area contributed by atoms with Crippen molar-refractivity contribution in [1.82, 2.24) is 9.80 Å². The Morgan fingerprint density at radius 2 is 1.60 bits per heavy atom. The number of nitrogens with zero attached hydrogens (tertiary/aromatic N) is 2. The summed E-state index contributed by atoms with van der Waals surface area (Å²) in [7, 11) is 0. The van der Waals surface area contributed by atoms with E-state index in [0.29, 0.717) is 12.6 Å². The average molecular weight is 275 g/mol. The van der Waals surface area contributed by atoms with E-state index in [2.05, 4.69) is 49.6 Å². The van der Waals surface area contributed by atoms with Crippen LogP contribution in [0.3, 0.4) is 0 Å². The van der Waals surface area contributed by atoms with Crippen molar-refractivity contribution in [1.29, 1.82) is 0 Å². The normalized spacial score (nSPS) is 19.2. The number of hydrogen-bond acceptors (Lipinski definition) is 3. The molecule has 3 nitrogen and oxygen atoms in total. The topological polar surface area (TPSA) is 32.5 Å². The summed E-state index contributed by atoms with van der Waals surface area (Å²) < 4.78 is 0. The van der Waals surface area contributed by atoms with Crippen LogP contribution in [-0.4, -0.2) is 49.1 Å². The summed E-state index contributed by atoms with van der Waals surface area (Å²) >= 11 is 0. The molecule has 1 aliphatic rings. The monoisotopic (exact) mass is 275 g/mol. The fourth-order valence-corrected chi connectivity index (χ4v) is 3.56. The highest BCUT2D eigenvalue weighted by molar-refractivity contribution is 5.40. The average Bonchev–Trinajstić information content (AvgIpc) is 2.43. The highest BCUT2D eigenvalue weighted by Gasteiger charge is 2.25. The van der Waals surface area contributed by atoms with E-state index in [1.54, 1.807) is 0 Å². The summed E-state index contributed by atoms with van der Waals surface area (Å²) in [5.41, 5.74) is 11.7. The van der Waals surface area contributed by atoms with E-state index in [0.717, 1.165) is 32.7 Å². The molecular weight excluding hydrogens is 246 g/mol. The maximum Gasteiger partial charge on any atom is 0.0476 e. The Labute approximate surface area is 123 Å². The smallest absolute Gasteiger partial charge is 0.0476 e. The van der Waals surface area contributed by atoms with Crippen molar-refractivity contribution in [3.8, 4) is 0 Å². The molecule has 112 valence electrons. The number of aryl methyl sites for hydroxylation is 3. The number of likely N-dealkylation sites (N-methyl/N-ethyl adjacent to an activating group) is 1. The van der Waals surface area contributed by atoms with Crippen LogP contribution < -0.4 is 5.73 Å². The van der Waals surface area contributed by atoms with Gasteiger partial charge in [0, 0.05) is 38.8 Å². The van der Waals surface area contributed by atoms with Gasteiger partial charge in [0.25, 0.3) is 0 Å². The minimum Gasteiger partial charge on any atom is -0.329 e. The minimum absolute atomic E-state index is 0.370. The second kappa shape index (κ2) is 6.70. The molecule has 1 saturated heterocycles. The van der Waals surface area contributed by atoms with Crippen molar-refractivity contribution in [2.45, 2.75) is 33.7 Å². The van der Waals surface area contributed by atoms with Gasteiger partial charge in [-0.3, -0.25) is 4.90 Å². The van der Waals surface area contributed by atoms with Gasteiger partial charge in [0.1, 0.15) is 0 Å². The van der Waals surface area contributed by atoms with Gasteiger partial charge in [-0.15, -0.1) is 0 Å². The first kappa shape index (κ1) is 15.5. The standard InChI is InChI=1S/C17H29N3/c1-5-19-6-8-20(9-7-19)16(12-18)17-14(3)10-13(2)11-15(17)4/h10-11,16H,5-9,12,18H2,1-4H3. The fourth-order valence-electron chi connectivity index (χ4n) is 3.56. The van der Waals surface area contributed by atoms with E-state index in [1.807, 2.05) is 0 Å². The molecule has 0 bridgehead atoms. The van der Waals surface area contributed by atoms with Gasteiger partial charge in [0.05, 0.1) is 0 Å². The molecule has 0 aliphatic carbocycles. The van der Waals surface area contributed by atoms with E-state index < -0.39 is 0 Å². The second-order valence-corrected chi connectivity index (χ2v) is 6.03.